The van der Waals surface area contributed by atoms with Gasteiger partial charge in [-0.3, -0.25) is 15.1 Å². The molecule has 3 N–H and O–H groups in total. The number of nitriles is 1. The number of nitrogens with one attached hydrogen (secondary N) is 2. The average Bonchev–Trinajstić information content (AvgIpc) is 3.74. The predicted octanol–water partition coefficient (Wildman–Crippen LogP) is 6.77. The van der Waals surface area contributed by atoms with Gasteiger partial charge < -0.3 is 14.8 Å². The fraction of sp³-hybridized carbons (Fsp3) is 0.222. The minimum absolute atomic E-state index is 0.158. The van der Waals surface area contributed by atoms with E-state index < -0.39 is 12.0 Å². The predicted molar refractivity (Wildman–Crippen MR) is 172 cm³/mol. The zero-order valence-corrected chi connectivity index (χ0v) is 25.6. The summed E-state index contributed by atoms with van der Waals surface area (Å²) in [6.07, 6.45) is 8.85. The standard InChI is InChI=1S/C36H31ClFN5O3/c37-32-12-26(18-42-34(36(44)45)14-27-19-41-21-43-27)35(46-20-23-10-22(15-39)16-40-17-23)13-25(32)11-24-8-9-30-28(24)5-3-6-29(30)31-4-1-2-7-33(31)38/h1-7,10,12-13,16-17,19,21,24,34,42H,8-9,11,14,18,20H2,(H,41,43)(H,44,45)/t24-,34?/m1/s1. The first kappa shape index (κ1) is 31.0. The number of ether oxygens (including phenoxy) is 1. The number of carboxylic acids is 1. The number of rotatable bonds is 12. The van der Waals surface area contributed by atoms with E-state index in [1.807, 2.05) is 36.4 Å². The lowest BCUT2D eigenvalue weighted by Crippen LogP contribution is -2.38. The molecule has 6 rings (SSSR count). The maximum Gasteiger partial charge on any atom is 0.321 e. The molecule has 0 aliphatic heterocycles. The molecule has 0 radical (unpaired) electrons. The fourth-order valence-corrected chi connectivity index (χ4v) is 6.36. The van der Waals surface area contributed by atoms with Gasteiger partial charge in [-0.25, -0.2) is 9.37 Å². The molecular formula is C36H31ClFN5O3. The van der Waals surface area contributed by atoms with Crippen LogP contribution in [0.2, 0.25) is 5.02 Å². The van der Waals surface area contributed by atoms with Crippen molar-refractivity contribution in [3.8, 4) is 22.9 Å². The smallest absolute Gasteiger partial charge is 0.321 e. The average molecular weight is 636 g/mol. The number of carbonyl (C=O) groups is 1. The summed E-state index contributed by atoms with van der Waals surface area (Å²) in [7, 11) is 0. The third-order valence-corrected chi connectivity index (χ3v) is 8.74. The SMILES string of the molecule is N#Cc1cncc(COc2cc(C[C@H]3CCc4c(-c5ccccc5F)cccc43)c(Cl)cc2CNC(Cc2cnc[nH]2)C(=O)O)c1. The van der Waals surface area contributed by atoms with Crippen molar-refractivity contribution in [2.75, 3.05) is 0 Å². The van der Waals surface area contributed by atoms with Crippen LogP contribution in [0.1, 0.15) is 51.4 Å². The molecule has 2 atom stereocenters. The number of pyridine rings is 1. The highest BCUT2D eigenvalue weighted by atomic mass is 35.5. The van der Waals surface area contributed by atoms with Crippen LogP contribution < -0.4 is 10.1 Å². The molecule has 0 saturated heterocycles. The monoisotopic (exact) mass is 635 g/mol. The normalized spacial score (nSPS) is 14.4. The number of H-pyrrole nitrogens is 1. The van der Waals surface area contributed by atoms with Crippen molar-refractivity contribution >= 4 is 17.6 Å². The van der Waals surface area contributed by atoms with Gasteiger partial charge in [0.2, 0.25) is 0 Å². The van der Waals surface area contributed by atoms with E-state index in [-0.39, 0.29) is 31.3 Å². The van der Waals surface area contributed by atoms with Crippen LogP contribution in [0.25, 0.3) is 11.1 Å². The molecule has 46 heavy (non-hydrogen) atoms. The van der Waals surface area contributed by atoms with Crippen molar-refractivity contribution < 1.29 is 19.0 Å². The summed E-state index contributed by atoms with van der Waals surface area (Å²) >= 11 is 6.90. The number of carboxylic acid groups (broad SMARTS) is 1. The second kappa shape index (κ2) is 13.9. The molecule has 2 heterocycles. The zero-order valence-electron chi connectivity index (χ0n) is 24.8. The van der Waals surface area contributed by atoms with Gasteiger partial charge in [0, 0.05) is 59.0 Å². The molecule has 5 aromatic rings. The molecule has 1 aliphatic rings. The van der Waals surface area contributed by atoms with Gasteiger partial charge in [0.15, 0.2) is 0 Å². The number of hydrogen-bond acceptors (Lipinski definition) is 6. The van der Waals surface area contributed by atoms with Gasteiger partial charge in [-0.15, -0.1) is 0 Å². The summed E-state index contributed by atoms with van der Waals surface area (Å²) in [5.41, 5.74) is 7.32. The molecule has 232 valence electrons. The number of imidazole rings is 1. The number of benzene rings is 3. The molecule has 3 aromatic carbocycles. The fourth-order valence-electron chi connectivity index (χ4n) is 6.10. The van der Waals surface area contributed by atoms with Crippen LogP contribution in [0.5, 0.6) is 5.75 Å². The van der Waals surface area contributed by atoms with E-state index >= 15 is 0 Å². The lowest BCUT2D eigenvalue weighted by atomic mass is 9.90. The molecule has 0 amide bonds. The Morgan fingerprint density at radius 3 is 2.74 bits per heavy atom. The van der Waals surface area contributed by atoms with E-state index in [0.717, 1.165) is 35.1 Å². The number of fused-ring (bicyclic) bond motifs is 1. The Morgan fingerprint density at radius 2 is 1.96 bits per heavy atom. The highest BCUT2D eigenvalue weighted by molar-refractivity contribution is 6.31. The molecule has 1 unspecified atom stereocenters. The first-order chi connectivity index (χ1) is 22.4. The van der Waals surface area contributed by atoms with Crippen LogP contribution in [0, 0.1) is 17.1 Å². The highest BCUT2D eigenvalue weighted by Crippen LogP contribution is 2.42. The largest absolute Gasteiger partial charge is 0.489 e. The van der Waals surface area contributed by atoms with Crippen molar-refractivity contribution in [2.24, 2.45) is 0 Å². The van der Waals surface area contributed by atoms with Crippen LogP contribution in [-0.4, -0.2) is 32.1 Å². The van der Waals surface area contributed by atoms with Crippen LogP contribution in [0.15, 0.2) is 85.6 Å². The minimum atomic E-state index is -0.992. The molecule has 10 heteroatoms. The van der Waals surface area contributed by atoms with E-state index in [2.05, 4.69) is 32.4 Å². The summed E-state index contributed by atoms with van der Waals surface area (Å²) < 4.78 is 21.0. The Kier molecular flexibility index (Phi) is 9.38. The van der Waals surface area contributed by atoms with Crippen molar-refractivity contribution in [1.29, 1.82) is 5.26 Å². The van der Waals surface area contributed by atoms with E-state index in [1.54, 1.807) is 24.5 Å². The van der Waals surface area contributed by atoms with Crippen LogP contribution in [-0.2, 0) is 37.2 Å². The van der Waals surface area contributed by atoms with Gasteiger partial charge in [0.1, 0.15) is 30.3 Å². The third kappa shape index (κ3) is 6.94. The topological polar surface area (TPSA) is 124 Å². The van der Waals surface area contributed by atoms with E-state index in [4.69, 9.17) is 16.3 Å². The lowest BCUT2D eigenvalue weighted by Gasteiger charge is -2.20. The number of aromatic amines is 1. The Labute approximate surface area is 270 Å². The van der Waals surface area contributed by atoms with E-state index in [9.17, 15) is 19.6 Å². The molecule has 0 fully saturated rings. The van der Waals surface area contributed by atoms with Gasteiger partial charge >= 0.3 is 5.97 Å². The molecular weight excluding hydrogens is 605 g/mol. The molecule has 0 spiro atoms. The summed E-state index contributed by atoms with van der Waals surface area (Å²) in [5.74, 6) is -0.496. The summed E-state index contributed by atoms with van der Waals surface area (Å²) in [4.78, 5) is 23.1. The van der Waals surface area contributed by atoms with E-state index in [0.29, 0.717) is 39.6 Å². The lowest BCUT2D eigenvalue weighted by molar-refractivity contribution is -0.139. The van der Waals surface area contributed by atoms with Gasteiger partial charge in [-0.05, 0) is 71.7 Å². The molecule has 2 aromatic heterocycles. The summed E-state index contributed by atoms with van der Waals surface area (Å²) in [6, 6.07) is 19.6. The van der Waals surface area contributed by atoms with Crippen molar-refractivity contribution in [3.63, 3.8) is 0 Å². The highest BCUT2D eigenvalue weighted by Gasteiger charge is 2.27. The Bertz CT molecular complexity index is 1910. The second-order valence-corrected chi connectivity index (χ2v) is 11.8. The molecule has 8 nitrogen and oxygen atoms in total. The molecule has 0 saturated carbocycles. The summed E-state index contributed by atoms with van der Waals surface area (Å²) in [5, 5.41) is 22.8. The van der Waals surface area contributed by atoms with Crippen molar-refractivity contribution in [3.05, 3.63) is 135 Å². The number of nitrogens with zero attached hydrogens (tertiary/aromatic N) is 3. The first-order valence-corrected chi connectivity index (χ1v) is 15.4. The van der Waals surface area contributed by atoms with E-state index in [1.165, 1.54) is 24.2 Å². The maximum absolute atomic E-state index is 14.7. The number of halogens is 2. The van der Waals surface area contributed by atoms with Crippen molar-refractivity contribution in [2.45, 2.75) is 50.8 Å². The number of aliphatic carboxylic acids is 1. The van der Waals surface area contributed by atoms with Crippen LogP contribution in [0.4, 0.5) is 4.39 Å². The third-order valence-electron chi connectivity index (χ3n) is 8.39. The molecule has 1 aliphatic carbocycles. The van der Waals surface area contributed by atoms with Crippen LogP contribution in [0.3, 0.4) is 0 Å². The number of hydrogen-bond donors (Lipinski definition) is 3. The van der Waals surface area contributed by atoms with Gasteiger partial charge in [-0.1, -0.05) is 48.0 Å². The maximum atomic E-state index is 14.7. The second-order valence-electron chi connectivity index (χ2n) is 11.4. The zero-order chi connectivity index (χ0) is 32.0. The van der Waals surface area contributed by atoms with Gasteiger partial charge in [0.05, 0.1) is 11.9 Å². The Balaban J connectivity index is 1.27. The van der Waals surface area contributed by atoms with Gasteiger partial charge in [0.25, 0.3) is 0 Å². The summed E-state index contributed by atoms with van der Waals surface area (Å²) in [6.45, 7) is 0.348. The van der Waals surface area contributed by atoms with Gasteiger partial charge in [-0.2, -0.15) is 5.26 Å². The minimum Gasteiger partial charge on any atom is -0.489 e. The number of aromatic nitrogens is 3. The Hall–Kier alpha value is -5.04. The first-order valence-electron chi connectivity index (χ1n) is 15.0. The quantitative estimate of drug-likeness (QED) is 0.138. The van der Waals surface area contributed by atoms with Crippen LogP contribution >= 0.6 is 11.6 Å². The Morgan fingerprint density at radius 1 is 1.11 bits per heavy atom. The molecule has 0 bridgehead atoms. The van der Waals surface area contributed by atoms with Crippen molar-refractivity contribution in [1.82, 2.24) is 20.3 Å².